The molecule has 2 heterocycles. The molecular weight excluding hydrogens is 571 g/mol. The lowest BCUT2D eigenvalue weighted by molar-refractivity contribution is -0.897. The van der Waals surface area contributed by atoms with E-state index in [0.29, 0.717) is 34.7 Å². The van der Waals surface area contributed by atoms with Gasteiger partial charge in [0, 0.05) is 42.6 Å². The Kier molecular flexibility index (Phi) is 9.37. The van der Waals surface area contributed by atoms with Crippen LogP contribution < -0.4 is 44.5 Å². The number of carbonyl (C=O) groups excluding carboxylic acids is 1. The number of anilines is 2. The molecule has 1 fully saturated rings. The summed E-state index contributed by atoms with van der Waals surface area (Å²) in [5.74, 6) is 0.592. The molecule has 0 bridgehead atoms. The van der Waals surface area contributed by atoms with Gasteiger partial charge in [0.15, 0.2) is 11.5 Å². The predicted octanol–water partition coefficient (Wildman–Crippen LogP) is 0.900. The number of aromatic nitrogens is 1. The molecule has 1 aliphatic heterocycles. The number of likely N-dealkylation sites (tertiary alicyclic amines) is 1. The maximum atomic E-state index is 12.2. The number of carbonyl (C=O) groups is 1. The number of nitrogens with zero attached hydrogens (tertiary/aromatic N) is 2. The monoisotopic (exact) mass is 606 g/mol. The average molecular weight is 607 g/mol. The molecule has 0 spiro atoms. The summed E-state index contributed by atoms with van der Waals surface area (Å²) >= 11 is 0. The summed E-state index contributed by atoms with van der Waals surface area (Å²) in [6.45, 7) is 6.00. The van der Waals surface area contributed by atoms with Crippen molar-refractivity contribution in [3.05, 3.63) is 53.2 Å². The van der Waals surface area contributed by atoms with Gasteiger partial charge in [-0.25, -0.2) is 0 Å². The van der Waals surface area contributed by atoms with Gasteiger partial charge in [-0.1, -0.05) is 12.1 Å². The van der Waals surface area contributed by atoms with Crippen molar-refractivity contribution >= 4 is 28.2 Å². The van der Waals surface area contributed by atoms with Crippen LogP contribution in [-0.4, -0.2) is 60.9 Å². The van der Waals surface area contributed by atoms with Crippen molar-refractivity contribution in [3.63, 3.8) is 0 Å². The number of halogens is 1. The second-order valence-corrected chi connectivity index (χ2v) is 9.50. The Hall–Kier alpha value is -2.63. The first-order chi connectivity index (χ1) is 16.8. The number of benzene rings is 2. The van der Waals surface area contributed by atoms with Crippen LogP contribution in [0, 0.1) is 6.92 Å². The molecule has 1 aromatic heterocycles. The van der Waals surface area contributed by atoms with Crippen molar-refractivity contribution in [2.75, 3.05) is 45.7 Å². The first kappa shape index (κ1) is 27.9. The van der Waals surface area contributed by atoms with E-state index in [-0.39, 0.29) is 36.1 Å². The number of hydrogen-bond acceptors (Lipinski definition) is 6. The molecule has 4 N–H and O–H groups in total. The number of aliphatic hydroxyl groups excluding tert-OH is 1. The Balaban J connectivity index is 0.00000361. The topological polar surface area (TPSA) is 107 Å². The lowest BCUT2D eigenvalue weighted by Gasteiger charge is -2.29. The van der Waals surface area contributed by atoms with Crippen LogP contribution in [0.5, 0.6) is 11.5 Å². The van der Waals surface area contributed by atoms with E-state index in [1.807, 2.05) is 37.3 Å². The van der Waals surface area contributed by atoms with E-state index in [1.165, 1.54) is 32.1 Å². The molecule has 0 atom stereocenters. The van der Waals surface area contributed by atoms with Gasteiger partial charge in [-0.15, -0.1) is 0 Å². The third-order valence-corrected chi connectivity index (χ3v) is 7.04. The molecule has 3 aromatic rings. The number of primary amides is 1. The summed E-state index contributed by atoms with van der Waals surface area (Å²) < 4.78 is 12.9. The molecule has 2 aromatic carbocycles. The molecule has 8 nitrogen and oxygen atoms in total. The largest absolute Gasteiger partial charge is 1.00 e. The Morgan fingerprint density at radius 1 is 1.22 bits per heavy atom. The van der Waals surface area contributed by atoms with Crippen molar-refractivity contribution in [1.29, 1.82) is 0 Å². The van der Waals surface area contributed by atoms with Gasteiger partial charge in [0.2, 0.25) is 0 Å². The first-order valence-corrected chi connectivity index (χ1v) is 12.1. The number of ether oxygens (including phenoxy) is 2. The number of pyridine rings is 1. The molecule has 0 saturated carbocycles. The minimum Gasteiger partial charge on any atom is -1.00 e. The molecule has 9 heteroatoms. The highest BCUT2D eigenvalue weighted by Crippen LogP contribution is 2.38. The average Bonchev–Trinajstić information content (AvgIpc) is 3.29. The van der Waals surface area contributed by atoms with Gasteiger partial charge in [-0.05, 0) is 30.2 Å². The fourth-order valence-electron chi connectivity index (χ4n) is 4.87. The number of nitrogens with two attached hydrogens (primary N) is 1. The molecule has 0 radical (unpaired) electrons. The Labute approximate surface area is 229 Å². The number of rotatable bonds is 10. The van der Waals surface area contributed by atoms with Crippen LogP contribution in [0.25, 0.3) is 10.9 Å². The highest BCUT2D eigenvalue weighted by Gasteiger charge is 2.26. The molecule has 0 aliphatic carbocycles. The maximum Gasteiger partial charge on any atom is 0.252 e. The number of aliphatic hydroxyl groups is 1. The normalized spacial score (nSPS) is 14.3. The van der Waals surface area contributed by atoms with Crippen LogP contribution >= 0.6 is 0 Å². The van der Waals surface area contributed by atoms with Gasteiger partial charge >= 0.3 is 0 Å². The van der Waals surface area contributed by atoms with Crippen LogP contribution in [0.3, 0.4) is 0 Å². The van der Waals surface area contributed by atoms with E-state index >= 15 is 0 Å². The van der Waals surface area contributed by atoms with Crippen molar-refractivity contribution in [1.82, 2.24) is 4.98 Å². The number of amides is 1. The summed E-state index contributed by atoms with van der Waals surface area (Å²) in [5, 5.41) is 13.7. The number of methoxy groups -OCH3 is 1. The van der Waals surface area contributed by atoms with E-state index < -0.39 is 5.91 Å². The second kappa shape index (κ2) is 12.1. The zero-order valence-electron chi connectivity index (χ0n) is 21.1. The smallest absolute Gasteiger partial charge is 0.252 e. The summed E-state index contributed by atoms with van der Waals surface area (Å²) in [7, 11) is 3.91. The van der Waals surface area contributed by atoms with Crippen LogP contribution in [0.4, 0.5) is 11.4 Å². The van der Waals surface area contributed by atoms with Crippen molar-refractivity contribution in [3.8, 4) is 11.5 Å². The Morgan fingerprint density at radius 2 is 1.97 bits per heavy atom. The molecule has 1 amide bonds. The van der Waals surface area contributed by atoms with E-state index in [0.717, 1.165) is 34.3 Å². The summed E-state index contributed by atoms with van der Waals surface area (Å²) in [5.41, 5.74) is 9.60. The van der Waals surface area contributed by atoms with E-state index in [2.05, 4.69) is 17.3 Å². The molecule has 1 saturated heterocycles. The fourth-order valence-corrected chi connectivity index (χ4v) is 4.87. The standard InChI is InChI=1S/C27H34N4O4.HI/c1-18-19(17-32)8-6-9-22(18)30-26-20-14-24(34-3)25(15-23(20)29-16-21(26)27(28)33)35-13-7-12-31(2)10-4-5-11-31;/h6,8-9,14-16,32H,4-5,7,10-13,17H2,1-3H3,(H2-,28,29,30,33);1H. The number of fused-ring (bicyclic) bond motifs is 1. The number of nitrogens with one attached hydrogen (secondary N) is 1. The number of hydrogen-bond donors (Lipinski definition) is 3. The lowest BCUT2D eigenvalue weighted by Crippen LogP contribution is -3.00. The first-order valence-electron chi connectivity index (χ1n) is 12.1. The SMILES string of the molecule is COc1cc2c(Nc3cccc(CO)c3C)c(C(N)=O)cnc2cc1OCCC[N+]1(C)CCCC1.[I-]. The van der Waals surface area contributed by atoms with Gasteiger partial charge in [0.25, 0.3) is 5.91 Å². The van der Waals surface area contributed by atoms with E-state index in [1.54, 1.807) is 7.11 Å². The summed E-state index contributed by atoms with van der Waals surface area (Å²) in [4.78, 5) is 16.7. The van der Waals surface area contributed by atoms with Crippen molar-refractivity contribution < 1.29 is 47.8 Å². The van der Waals surface area contributed by atoms with Gasteiger partial charge in [0.05, 0.1) is 63.8 Å². The predicted molar refractivity (Wildman–Crippen MR) is 137 cm³/mol. The molecule has 36 heavy (non-hydrogen) atoms. The van der Waals surface area contributed by atoms with Crippen LogP contribution in [-0.2, 0) is 6.61 Å². The third kappa shape index (κ3) is 6.01. The van der Waals surface area contributed by atoms with Crippen LogP contribution in [0.2, 0.25) is 0 Å². The van der Waals surface area contributed by atoms with Gasteiger partial charge in [-0.2, -0.15) is 0 Å². The molecule has 4 rings (SSSR count). The maximum absolute atomic E-state index is 12.2. The van der Waals surface area contributed by atoms with Gasteiger partial charge in [0.1, 0.15) is 0 Å². The summed E-state index contributed by atoms with van der Waals surface area (Å²) in [6, 6.07) is 9.27. The van der Waals surface area contributed by atoms with E-state index in [9.17, 15) is 9.90 Å². The number of quaternary nitrogens is 1. The molecule has 1 aliphatic rings. The van der Waals surface area contributed by atoms with Gasteiger partial charge < -0.3 is 54.1 Å². The molecule has 0 unspecified atom stereocenters. The van der Waals surface area contributed by atoms with Crippen molar-refractivity contribution in [2.45, 2.75) is 32.8 Å². The fraction of sp³-hybridized carbons (Fsp3) is 0.407. The highest BCUT2D eigenvalue weighted by molar-refractivity contribution is 6.08. The minimum absolute atomic E-state index is 0. The zero-order chi connectivity index (χ0) is 25.0. The summed E-state index contributed by atoms with van der Waals surface area (Å²) in [6.07, 6.45) is 5.04. The van der Waals surface area contributed by atoms with Gasteiger partial charge in [-0.3, -0.25) is 9.78 Å². The second-order valence-electron chi connectivity index (χ2n) is 9.50. The Morgan fingerprint density at radius 3 is 2.64 bits per heavy atom. The highest BCUT2D eigenvalue weighted by atomic mass is 127. The van der Waals surface area contributed by atoms with Crippen molar-refractivity contribution in [2.24, 2.45) is 5.73 Å². The van der Waals surface area contributed by atoms with Crippen LogP contribution in [0.1, 0.15) is 40.7 Å². The van der Waals surface area contributed by atoms with Crippen LogP contribution in [0.15, 0.2) is 36.5 Å². The Bertz CT molecular complexity index is 1230. The zero-order valence-corrected chi connectivity index (χ0v) is 23.3. The quantitative estimate of drug-likeness (QED) is 0.180. The molecular formula is C27H35IN4O4. The van der Waals surface area contributed by atoms with E-state index in [4.69, 9.17) is 15.2 Å². The minimum atomic E-state index is -0.587. The third-order valence-electron chi connectivity index (χ3n) is 7.04. The molecule has 194 valence electrons. The lowest BCUT2D eigenvalue weighted by atomic mass is 10.0.